The monoisotopic (exact) mass is 433 g/mol. The van der Waals surface area contributed by atoms with Crippen LogP contribution in [0.25, 0.3) is 0 Å². The van der Waals surface area contributed by atoms with Crippen molar-refractivity contribution in [2.75, 3.05) is 6.61 Å². The lowest BCUT2D eigenvalue weighted by molar-refractivity contribution is 0.267. The highest BCUT2D eigenvalue weighted by atomic mass is 79.9. The number of halogens is 2. The normalized spacial score (nSPS) is 10.8. The van der Waals surface area contributed by atoms with Gasteiger partial charge in [-0.25, -0.2) is 4.39 Å². The van der Waals surface area contributed by atoms with Gasteiger partial charge in [-0.05, 0) is 70.4 Å². The van der Waals surface area contributed by atoms with Crippen LogP contribution in [-0.2, 0) is 19.7 Å². The van der Waals surface area contributed by atoms with Gasteiger partial charge in [0.25, 0.3) is 0 Å². The van der Waals surface area contributed by atoms with E-state index in [4.69, 9.17) is 13.9 Å². The molecule has 0 radical (unpaired) electrons. The highest BCUT2D eigenvalue weighted by Gasteiger charge is 2.13. The minimum Gasteiger partial charge on any atom is -0.490 e. The van der Waals surface area contributed by atoms with E-state index in [0.717, 1.165) is 21.4 Å². The molecule has 1 heterocycles. The Hall–Kier alpha value is -2.31. The fourth-order valence-corrected chi connectivity index (χ4v) is 3.21. The molecule has 0 aliphatic rings. The van der Waals surface area contributed by atoms with E-state index in [9.17, 15) is 4.39 Å². The predicted molar refractivity (Wildman–Crippen MR) is 105 cm³/mol. The van der Waals surface area contributed by atoms with Crippen molar-refractivity contribution in [1.82, 2.24) is 5.32 Å². The van der Waals surface area contributed by atoms with E-state index >= 15 is 0 Å². The first-order valence-corrected chi connectivity index (χ1v) is 9.50. The molecule has 0 atom stereocenters. The van der Waals surface area contributed by atoms with Gasteiger partial charge in [0, 0.05) is 6.54 Å². The van der Waals surface area contributed by atoms with Gasteiger partial charge in [-0.1, -0.05) is 12.1 Å². The first-order valence-electron chi connectivity index (χ1n) is 8.71. The first-order chi connectivity index (χ1) is 13.2. The van der Waals surface area contributed by atoms with Crippen LogP contribution in [0, 0.1) is 5.82 Å². The second kappa shape index (κ2) is 9.58. The lowest BCUT2D eigenvalue weighted by atomic mass is 10.2. The fourth-order valence-electron chi connectivity index (χ4n) is 2.61. The van der Waals surface area contributed by atoms with Crippen LogP contribution in [0.15, 0.2) is 63.7 Å². The zero-order chi connectivity index (χ0) is 19.1. The molecule has 1 aromatic heterocycles. The summed E-state index contributed by atoms with van der Waals surface area (Å²) in [6, 6.07) is 14.0. The van der Waals surface area contributed by atoms with Crippen molar-refractivity contribution < 1.29 is 18.3 Å². The highest BCUT2D eigenvalue weighted by Crippen LogP contribution is 2.37. The first kappa shape index (κ1) is 19.5. The van der Waals surface area contributed by atoms with Gasteiger partial charge in [0.05, 0.1) is 23.9 Å². The Morgan fingerprint density at radius 1 is 1.04 bits per heavy atom. The van der Waals surface area contributed by atoms with E-state index in [1.165, 1.54) is 12.1 Å². The summed E-state index contributed by atoms with van der Waals surface area (Å²) >= 11 is 3.57. The number of rotatable bonds is 9. The maximum absolute atomic E-state index is 13.0. The van der Waals surface area contributed by atoms with E-state index in [2.05, 4.69) is 21.2 Å². The third-order valence-electron chi connectivity index (χ3n) is 3.87. The van der Waals surface area contributed by atoms with Crippen molar-refractivity contribution in [3.8, 4) is 11.5 Å². The molecule has 0 spiro atoms. The second-order valence-corrected chi connectivity index (χ2v) is 6.79. The molecule has 0 bridgehead atoms. The van der Waals surface area contributed by atoms with Gasteiger partial charge < -0.3 is 19.2 Å². The van der Waals surface area contributed by atoms with Crippen molar-refractivity contribution in [3.63, 3.8) is 0 Å². The second-order valence-electron chi connectivity index (χ2n) is 5.94. The Labute approximate surface area is 166 Å². The van der Waals surface area contributed by atoms with Gasteiger partial charge in [0.2, 0.25) is 0 Å². The third kappa shape index (κ3) is 5.58. The molecule has 0 aliphatic carbocycles. The van der Waals surface area contributed by atoms with Gasteiger partial charge in [0.15, 0.2) is 11.5 Å². The largest absolute Gasteiger partial charge is 0.490 e. The molecule has 3 rings (SSSR count). The summed E-state index contributed by atoms with van der Waals surface area (Å²) in [6.07, 6.45) is 1.66. The van der Waals surface area contributed by atoms with E-state index in [1.54, 1.807) is 18.4 Å². The molecule has 142 valence electrons. The number of nitrogens with one attached hydrogen (secondary N) is 1. The molecule has 0 amide bonds. The number of furan rings is 1. The molecule has 2 aromatic carbocycles. The van der Waals surface area contributed by atoms with Crippen LogP contribution < -0.4 is 14.8 Å². The summed E-state index contributed by atoms with van der Waals surface area (Å²) < 4.78 is 30.9. The molecular weight excluding hydrogens is 413 g/mol. The summed E-state index contributed by atoms with van der Waals surface area (Å²) in [4.78, 5) is 0. The molecule has 27 heavy (non-hydrogen) atoms. The number of hydrogen-bond donors (Lipinski definition) is 1. The quantitative estimate of drug-likeness (QED) is 0.487. The van der Waals surface area contributed by atoms with E-state index in [1.807, 2.05) is 31.2 Å². The summed E-state index contributed by atoms with van der Waals surface area (Å²) in [5, 5.41) is 3.34. The van der Waals surface area contributed by atoms with Gasteiger partial charge >= 0.3 is 0 Å². The average Bonchev–Trinajstić information content (AvgIpc) is 3.16. The van der Waals surface area contributed by atoms with Gasteiger partial charge in [0.1, 0.15) is 18.2 Å². The van der Waals surface area contributed by atoms with Gasteiger partial charge in [-0.3, -0.25) is 0 Å². The van der Waals surface area contributed by atoms with E-state index < -0.39 is 0 Å². The number of ether oxygens (including phenoxy) is 2. The zero-order valence-corrected chi connectivity index (χ0v) is 16.6. The summed E-state index contributed by atoms with van der Waals surface area (Å²) in [5.74, 6) is 1.93. The molecule has 3 aromatic rings. The predicted octanol–water partition coefficient (Wildman–Crippen LogP) is 5.45. The average molecular weight is 434 g/mol. The summed E-state index contributed by atoms with van der Waals surface area (Å²) in [5.41, 5.74) is 1.95. The molecule has 0 aliphatic heterocycles. The minimum atomic E-state index is -0.263. The highest BCUT2D eigenvalue weighted by molar-refractivity contribution is 9.10. The number of hydrogen-bond acceptors (Lipinski definition) is 4. The molecule has 0 saturated heterocycles. The van der Waals surface area contributed by atoms with Crippen molar-refractivity contribution in [2.24, 2.45) is 0 Å². The van der Waals surface area contributed by atoms with E-state index in [-0.39, 0.29) is 5.82 Å². The van der Waals surface area contributed by atoms with E-state index in [0.29, 0.717) is 37.8 Å². The van der Waals surface area contributed by atoms with Crippen molar-refractivity contribution >= 4 is 15.9 Å². The standard InChI is InChI=1S/C21H21BrFNO3/c1-2-25-20-11-16(12-24-13-18-4-3-9-26-18)10-19(22)21(20)27-14-15-5-7-17(23)8-6-15/h3-11,24H,2,12-14H2,1H3. The van der Waals surface area contributed by atoms with Crippen molar-refractivity contribution in [1.29, 1.82) is 0 Å². The lowest BCUT2D eigenvalue weighted by Crippen LogP contribution is -2.12. The van der Waals surface area contributed by atoms with Crippen LogP contribution in [0.4, 0.5) is 4.39 Å². The minimum absolute atomic E-state index is 0.263. The van der Waals surface area contributed by atoms with Crippen LogP contribution in [0.1, 0.15) is 23.8 Å². The number of benzene rings is 2. The lowest BCUT2D eigenvalue weighted by Gasteiger charge is -2.16. The van der Waals surface area contributed by atoms with Crippen molar-refractivity contribution in [2.45, 2.75) is 26.6 Å². The molecular formula is C21H21BrFNO3. The Morgan fingerprint density at radius 2 is 1.85 bits per heavy atom. The maximum Gasteiger partial charge on any atom is 0.175 e. The summed E-state index contributed by atoms with van der Waals surface area (Å²) in [7, 11) is 0. The van der Waals surface area contributed by atoms with Crippen LogP contribution >= 0.6 is 15.9 Å². The maximum atomic E-state index is 13.0. The molecule has 1 N–H and O–H groups in total. The Bertz CT molecular complexity index is 851. The van der Waals surface area contributed by atoms with Gasteiger partial charge in [-0.15, -0.1) is 0 Å². The SMILES string of the molecule is CCOc1cc(CNCc2ccco2)cc(Br)c1OCc1ccc(F)cc1. The van der Waals surface area contributed by atoms with Gasteiger partial charge in [-0.2, -0.15) is 0 Å². The Balaban J connectivity index is 1.68. The smallest absolute Gasteiger partial charge is 0.175 e. The fraction of sp³-hybridized carbons (Fsp3) is 0.238. The van der Waals surface area contributed by atoms with Crippen molar-refractivity contribution in [3.05, 3.63) is 82.0 Å². The molecule has 0 fully saturated rings. The van der Waals surface area contributed by atoms with Crippen LogP contribution in [-0.4, -0.2) is 6.61 Å². The Morgan fingerprint density at radius 3 is 2.56 bits per heavy atom. The topological polar surface area (TPSA) is 43.6 Å². The zero-order valence-electron chi connectivity index (χ0n) is 15.0. The molecule has 4 nitrogen and oxygen atoms in total. The molecule has 0 saturated carbocycles. The molecule has 0 unspecified atom stereocenters. The van der Waals surface area contributed by atoms with Crippen LogP contribution in [0.3, 0.4) is 0 Å². The van der Waals surface area contributed by atoms with Crippen LogP contribution in [0.2, 0.25) is 0 Å². The third-order valence-corrected chi connectivity index (χ3v) is 4.46. The van der Waals surface area contributed by atoms with Crippen LogP contribution in [0.5, 0.6) is 11.5 Å². The summed E-state index contributed by atoms with van der Waals surface area (Å²) in [6.45, 7) is 4.10. The Kier molecular flexibility index (Phi) is 6.90. The molecule has 6 heteroatoms.